The molecular formula is C34H33NO5. The Labute approximate surface area is 235 Å². The largest absolute Gasteiger partial charge is 0.485 e. The summed E-state index contributed by atoms with van der Waals surface area (Å²) in [7, 11) is 0. The first-order valence-electron chi connectivity index (χ1n) is 13.3. The van der Waals surface area contributed by atoms with Gasteiger partial charge in [-0.15, -0.1) is 0 Å². The Morgan fingerprint density at radius 1 is 0.725 bits per heavy atom. The standard InChI is InChI=1S/C34H33NO5/c1-2-21-37-34(36)30-22-31(38-23-26-13-6-3-7-14-26)33(40-25-28-17-10-5-11-18-28)32(29(30)19-12-20-35)39-24-27-15-8-4-9-16-27/h3-11,13-18,22H,2,20-21,23-25,35H2,1H3. The number of nitrogens with two attached hydrogens (primary N) is 1. The molecule has 4 aromatic rings. The van der Waals surface area contributed by atoms with Gasteiger partial charge in [0.15, 0.2) is 11.5 Å². The molecule has 0 amide bonds. The van der Waals surface area contributed by atoms with E-state index >= 15 is 0 Å². The van der Waals surface area contributed by atoms with Crippen LogP contribution < -0.4 is 19.9 Å². The fourth-order valence-electron chi connectivity index (χ4n) is 3.89. The number of carbonyl (C=O) groups excluding carboxylic acids is 1. The lowest BCUT2D eigenvalue weighted by Crippen LogP contribution is -2.12. The van der Waals surface area contributed by atoms with Crippen molar-refractivity contribution in [3.63, 3.8) is 0 Å². The molecule has 6 heteroatoms. The number of ether oxygens (including phenoxy) is 4. The van der Waals surface area contributed by atoms with Crippen LogP contribution in [0.4, 0.5) is 0 Å². The normalized spacial score (nSPS) is 10.2. The summed E-state index contributed by atoms with van der Waals surface area (Å²) in [5.41, 5.74) is 9.17. The van der Waals surface area contributed by atoms with E-state index in [-0.39, 0.29) is 38.5 Å². The molecule has 0 aromatic heterocycles. The van der Waals surface area contributed by atoms with Crippen LogP contribution in [0.2, 0.25) is 0 Å². The summed E-state index contributed by atoms with van der Waals surface area (Å²) in [5, 5.41) is 0. The van der Waals surface area contributed by atoms with E-state index in [1.165, 1.54) is 0 Å². The van der Waals surface area contributed by atoms with E-state index in [4.69, 9.17) is 24.7 Å². The minimum Gasteiger partial charge on any atom is -0.485 e. The maximum absolute atomic E-state index is 13.3. The van der Waals surface area contributed by atoms with Gasteiger partial charge in [-0.2, -0.15) is 0 Å². The van der Waals surface area contributed by atoms with Crippen molar-refractivity contribution in [3.8, 4) is 29.1 Å². The third-order valence-electron chi connectivity index (χ3n) is 5.86. The zero-order valence-electron chi connectivity index (χ0n) is 22.6. The SMILES string of the molecule is CCCOC(=O)c1cc(OCc2ccccc2)c(OCc2ccccc2)c(OCc2ccccc2)c1C#CCN. The topological polar surface area (TPSA) is 80.0 Å². The van der Waals surface area contributed by atoms with Gasteiger partial charge in [0.25, 0.3) is 0 Å². The number of esters is 1. The van der Waals surface area contributed by atoms with Crippen LogP contribution in [0, 0.1) is 11.8 Å². The van der Waals surface area contributed by atoms with E-state index in [0.29, 0.717) is 29.2 Å². The highest BCUT2D eigenvalue weighted by Gasteiger charge is 2.26. The van der Waals surface area contributed by atoms with Crippen molar-refractivity contribution in [3.05, 3.63) is 125 Å². The fraction of sp³-hybridized carbons (Fsp3) is 0.206. The molecule has 4 aromatic carbocycles. The van der Waals surface area contributed by atoms with Crippen molar-refractivity contribution in [2.24, 2.45) is 5.73 Å². The molecule has 2 N–H and O–H groups in total. The van der Waals surface area contributed by atoms with Gasteiger partial charge in [0.1, 0.15) is 19.8 Å². The Bertz CT molecular complexity index is 1430. The predicted octanol–water partition coefficient (Wildman–Crippen LogP) is 6.30. The summed E-state index contributed by atoms with van der Waals surface area (Å²) in [6.07, 6.45) is 0.683. The fourth-order valence-corrected chi connectivity index (χ4v) is 3.89. The zero-order chi connectivity index (χ0) is 28.0. The van der Waals surface area contributed by atoms with Crippen molar-refractivity contribution in [1.29, 1.82) is 0 Å². The van der Waals surface area contributed by atoms with E-state index in [1.807, 2.05) is 97.9 Å². The quantitative estimate of drug-likeness (QED) is 0.169. The summed E-state index contributed by atoms with van der Waals surface area (Å²) in [4.78, 5) is 13.3. The van der Waals surface area contributed by atoms with Crippen LogP contribution in [0.5, 0.6) is 17.2 Å². The Balaban J connectivity index is 1.83. The molecule has 0 spiro atoms. The number of carbonyl (C=O) groups is 1. The molecule has 0 bridgehead atoms. The zero-order valence-corrected chi connectivity index (χ0v) is 22.6. The Kier molecular flexibility index (Phi) is 10.6. The van der Waals surface area contributed by atoms with Gasteiger partial charge in [0, 0.05) is 6.07 Å². The minimum absolute atomic E-state index is 0.105. The van der Waals surface area contributed by atoms with E-state index < -0.39 is 5.97 Å². The summed E-state index contributed by atoms with van der Waals surface area (Å²) in [6, 6.07) is 30.9. The molecule has 0 aliphatic heterocycles. The average molecular weight is 536 g/mol. The van der Waals surface area contributed by atoms with Gasteiger partial charge in [-0.05, 0) is 23.1 Å². The van der Waals surface area contributed by atoms with Crippen LogP contribution in [0.1, 0.15) is 46.0 Å². The maximum atomic E-state index is 13.3. The summed E-state index contributed by atoms with van der Waals surface area (Å²) in [6.45, 7) is 3.06. The molecule has 0 heterocycles. The monoisotopic (exact) mass is 535 g/mol. The first-order valence-corrected chi connectivity index (χ1v) is 13.3. The first kappa shape index (κ1) is 28.3. The molecule has 0 fully saturated rings. The van der Waals surface area contributed by atoms with Crippen LogP contribution in [-0.4, -0.2) is 19.1 Å². The second-order valence-corrected chi connectivity index (χ2v) is 8.92. The number of rotatable bonds is 12. The van der Waals surface area contributed by atoms with E-state index in [2.05, 4.69) is 11.8 Å². The molecule has 40 heavy (non-hydrogen) atoms. The molecule has 204 valence electrons. The second-order valence-electron chi connectivity index (χ2n) is 8.92. The lowest BCUT2D eigenvalue weighted by molar-refractivity contribution is 0.0503. The van der Waals surface area contributed by atoms with Crippen molar-refractivity contribution in [2.75, 3.05) is 13.2 Å². The molecule has 0 aliphatic carbocycles. The highest BCUT2D eigenvalue weighted by molar-refractivity contribution is 5.95. The Hall–Kier alpha value is -4.73. The summed E-state index contributed by atoms with van der Waals surface area (Å²) in [5.74, 6) is 6.39. The van der Waals surface area contributed by atoms with E-state index in [9.17, 15) is 4.79 Å². The molecular weight excluding hydrogens is 502 g/mol. The first-order chi connectivity index (χ1) is 19.7. The Morgan fingerprint density at radius 2 is 1.23 bits per heavy atom. The molecule has 0 unspecified atom stereocenters. The van der Waals surface area contributed by atoms with Gasteiger partial charge in [-0.25, -0.2) is 4.79 Å². The van der Waals surface area contributed by atoms with Gasteiger partial charge >= 0.3 is 5.97 Å². The second kappa shape index (κ2) is 15.0. The molecule has 0 radical (unpaired) electrons. The van der Waals surface area contributed by atoms with Crippen molar-refractivity contribution < 1.29 is 23.7 Å². The van der Waals surface area contributed by atoms with Crippen LogP contribution in [0.25, 0.3) is 0 Å². The van der Waals surface area contributed by atoms with Crippen LogP contribution in [0.15, 0.2) is 97.1 Å². The highest BCUT2D eigenvalue weighted by atomic mass is 16.5. The van der Waals surface area contributed by atoms with Crippen molar-refractivity contribution >= 4 is 5.97 Å². The smallest absolute Gasteiger partial charge is 0.339 e. The lowest BCUT2D eigenvalue weighted by atomic mass is 10.0. The molecule has 0 atom stereocenters. The molecule has 6 nitrogen and oxygen atoms in total. The van der Waals surface area contributed by atoms with E-state index in [0.717, 1.165) is 16.7 Å². The van der Waals surface area contributed by atoms with Gasteiger partial charge in [0.05, 0.1) is 24.3 Å². The Morgan fingerprint density at radius 3 is 1.73 bits per heavy atom. The van der Waals surface area contributed by atoms with Gasteiger partial charge < -0.3 is 24.7 Å². The molecule has 4 rings (SSSR count). The third-order valence-corrected chi connectivity index (χ3v) is 5.86. The van der Waals surface area contributed by atoms with Crippen LogP contribution in [0.3, 0.4) is 0 Å². The van der Waals surface area contributed by atoms with Gasteiger partial charge in [-0.3, -0.25) is 0 Å². The molecule has 0 saturated carbocycles. The van der Waals surface area contributed by atoms with Crippen molar-refractivity contribution in [1.82, 2.24) is 0 Å². The minimum atomic E-state index is -0.521. The number of hydrogen-bond acceptors (Lipinski definition) is 6. The molecule has 0 aliphatic rings. The van der Waals surface area contributed by atoms with Crippen molar-refractivity contribution in [2.45, 2.75) is 33.2 Å². The summed E-state index contributed by atoms with van der Waals surface area (Å²) >= 11 is 0. The number of benzene rings is 4. The third kappa shape index (κ3) is 7.89. The van der Waals surface area contributed by atoms with Gasteiger partial charge in [-0.1, -0.05) is 110 Å². The summed E-state index contributed by atoms with van der Waals surface area (Å²) < 4.78 is 24.5. The average Bonchev–Trinajstić information content (AvgIpc) is 3.01. The van der Waals surface area contributed by atoms with Gasteiger partial charge in [0.2, 0.25) is 5.75 Å². The maximum Gasteiger partial charge on any atom is 0.339 e. The molecule has 0 saturated heterocycles. The predicted molar refractivity (Wildman–Crippen MR) is 155 cm³/mol. The highest BCUT2D eigenvalue weighted by Crippen LogP contribution is 2.44. The lowest BCUT2D eigenvalue weighted by Gasteiger charge is -2.21. The van der Waals surface area contributed by atoms with E-state index in [1.54, 1.807) is 6.07 Å². The van der Waals surface area contributed by atoms with Crippen LogP contribution >= 0.6 is 0 Å². The van der Waals surface area contributed by atoms with Crippen LogP contribution in [-0.2, 0) is 24.6 Å². The number of hydrogen-bond donors (Lipinski definition) is 1.